The highest BCUT2D eigenvalue weighted by Crippen LogP contribution is 2.49. The van der Waals surface area contributed by atoms with Gasteiger partial charge in [0.25, 0.3) is 0 Å². The zero-order valence-corrected chi connectivity index (χ0v) is 10.8. The van der Waals surface area contributed by atoms with E-state index < -0.39 is 17.6 Å². The molecule has 0 radical (unpaired) electrons. The van der Waals surface area contributed by atoms with Crippen molar-refractivity contribution in [3.63, 3.8) is 0 Å². The second kappa shape index (κ2) is 5.00. The van der Waals surface area contributed by atoms with E-state index in [0.717, 1.165) is 25.2 Å². The molecule has 1 saturated carbocycles. The van der Waals surface area contributed by atoms with Crippen LogP contribution < -0.4 is 5.32 Å². The number of rotatable bonds is 4. The van der Waals surface area contributed by atoms with E-state index in [1.807, 2.05) is 0 Å². The van der Waals surface area contributed by atoms with Gasteiger partial charge in [0.05, 0.1) is 5.56 Å². The Balaban J connectivity index is 1.55. The van der Waals surface area contributed by atoms with Crippen LogP contribution in [0.3, 0.4) is 0 Å². The molecule has 0 aromatic heterocycles. The number of fused-ring (bicyclic) bond motifs is 1. The average molecular weight is 287 g/mol. The fourth-order valence-electron chi connectivity index (χ4n) is 3.05. The van der Waals surface area contributed by atoms with Crippen LogP contribution in [0.2, 0.25) is 0 Å². The van der Waals surface area contributed by atoms with E-state index in [4.69, 9.17) is 0 Å². The van der Waals surface area contributed by atoms with Gasteiger partial charge < -0.3 is 10.6 Å². The minimum Gasteiger partial charge on any atom is -0.658 e. The number of hydrogen-bond donors (Lipinski definition) is 1. The third-order valence-corrected chi connectivity index (χ3v) is 4.24. The van der Waals surface area contributed by atoms with Gasteiger partial charge in [-0.2, -0.15) is 13.2 Å². The van der Waals surface area contributed by atoms with Gasteiger partial charge in [-0.05, 0) is 37.1 Å². The molecular weight excluding hydrogens is 272 g/mol. The van der Waals surface area contributed by atoms with Crippen molar-refractivity contribution >= 4 is 0 Å². The molecule has 2 unspecified atom stereocenters. The molecule has 2 aliphatic rings. The number of nitrogens with zero attached hydrogens (tertiary/aromatic N) is 1. The smallest absolute Gasteiger partial charge is 0.419 e. The molecule has 3 rings (SSSR count). The van der Waals surface area contributed by atoms with Crippen molar-refractivity contribution in [2.45, 2.75) is 12.7 Å². The molecule has 6 heteroatoms. The lowest BCUT2D eigenvalue weighted by Gasteiger charge is -2.21. The highest BCUT2D eigenvalue weighted by molar-refractivity contribution is 5.28. The van der Waals surface area contributed by atoms with Crippen LogP contribution in [-0.2, 0) is 12.7 Å². The topological polar surface area (TPSA) is 26.1 Å². The number of hydrogen-bond acceptors (Lipinski definition) is 1. The predicted octanol–water partition coefficient (Wildman–Crippen LogP) is 3.18. The summed E-state index contributed by atoms with van der Waals surface area (Å²) in [5, 5.41) is 7.60. The van der Waals surface area contributed by atoms with Crippen molar-refractivity contribution in [3.8, 4) is 0 Å². The Morgan fingerprint density at radius 2 is 1.90 bits per heavy atom. The minimum absolute atomic E-state index is 0.215. The monoisotopic (exact) mass is 287 g/mol. The van der Waals surface area contributed by atoms with Crippen LogP contribution in [0.15, 0.2) is 18.2 Å². The Morgan fingerprint density at radius 1 is 1.20 bits per heavy atom. The fourth-order valence-corrected chi connectivity index (χ4v) is 3.05. The van der Waals surface area contributed by atoms with E-state index in [2.05, 4.69) is 10.6 Å². The van der Waals surface area contributed by atoms with Crippen molar-refractivity contribution in [2.75, 3.05) is 19.6 Å². The van der Waals surface area contributed by atoms with Crippen LogP contribution in [0.5, 0.6) is 0 Å². The van der Waals surface area contributed by atoms with Crippen molar-refractivity contribution in [2.24, 2.45) is 17.8 Å². The van der Waals surface area contributed by atoms with Crippen LogP contribution in [0.4, 0.5) is 17.6 Å². The molecule has 2 atom stereocenters. The van der Waals surface area contributed by atoms with Crippen LogP contribution >= 0.6 is 0 Å². The lowest BCUT2D eigenvalue weighted by Crippen LogP contribution is -2.16. The molecule has 1 N–H and O–H groups in total. The van der Waals surface area contributed by atoms with E-state index in [1.165, 1.54) is 6.07 Å². The molecular formula is C14H15F4N2-. The van der Waals surface area contributed by atoms with Gasteiger partial charge in [0, 0.05) is 0 Å². The quantitative estimate of drug-likeness (QED) is 0.846. The number of halogens is 4. The molecule has 0 amide bonds. The summed E-state index contributed by atoms with van der Waals surface area (Å²) in [7, 11) is 0. The summed E-state index contributed by atoms with van der Waals surface area (Å²) in [6.45, 7) is 2.96. The summed E-state index contributed by atoms with van der Waals surface area (Å²) in [4.78, 5) is 0. The maximum Gasteiger partial charge on any atom is 0.419 e. The Morgan fingerprint density at radius 3 is 2.55 bits per heavy atom. The average Bonchev–Trinajstić information content (AvgIpc) is 2.82. The summed E-state index contributed by atoms with van der Waals surface area (Å²) in [6, 6.07) is 3.08. The molecule has 1 aromatic rings. The van der Waals surface area contributed by atoms with Gasteiger partial charge in [-0.15, -0.1) is 13.1 Å². The van der Waals surface area contributed by atoms with Crippen LogP contribution in [0.25, 0.3) is 5.32 Å². The second-order valence-corrected chi connectivity index (χ2v) is 5.53. The molecule has 0 bridgehead atoms. The fraction of sp³-hybridized carbons (Fsp3) is 0.571. The van der Waals surface area contributed by atoms with Crippen molar-refractivity contribution in [3.05, 3.63) is 40.5 Å². The van der Waals surface area contributed by atoms with Crippen LogP contribution in [0, 0.1) is 23.6 Å². The van der Waals surface area contributed by atoms with E-state index in [9.17, 15) is 17.6 Å². The van der Waals surface area contributed by atoms with Crippen LogP contribution in [0.1, 0.15) is 11.1 Å². The predicted molar refractivity (Wildman–Crippen MR) is 66.7 cm³/mol. The Bertz CT molecular complexity index is 490. The number of alkyl halides is 3. The minimum atomic E-state index is -4.65. The van der Waals surface area contributed by atoms with Gasteiger partial charge in [-0.1, -0.05) is 17.5 Å². The van der Waals surface area contributed by atoms with Gasteiger partial charge in [0.15, 0.2) is 0 Å². The number of benzene rings is 1. The first-order chi connectivity index (χ1) is 9.47. The lowest BCUT2D eigenvalue weighted by atomic mass is 10.1. The third kappa shape index (κ3) is 2.67. The first-order valence-electron chi connectivity index (χ1n) is 6.66. The largest absolute Gasteiger partial charge is 0.658 e. The Hall–Kier alpha value is -1.14. The SMILES string of the molecule is Fc1ccc(C[N-]CC2C3CNCC23)cc1C(F)(F)F. The molecule has 1 saturated heterocycles. The number of piperidine rings is 1. The normalized spacial score (nSPS) is 28.5. The third-order valence-electron chi connectivity index (χ3n) is 4.24. The lowest BCUT2D eigenvalue weighted by molar-refractivity contribution is -0.140. The molecule has 1 aliphatic carbocycles. The van der Waals surface area contributed by atoms with Crippen molar-refractivity contribution in [1.82, 2.24) is 5.32 Å². The maximum absolute atomic E-state index is 13.1. The molecule has 110 valence electrons. The van der Waals surface area contributed by atoms with Gasteiger partial charge in [0.2, 0.25) is 0 Å². The van der Waals surface area contributed by atoms with Crippen LogP contribution in [-0.4, -0.2) is 19.6 Å². The molecule has 1 heterocycles. The standard InChI is InChI=1S/C14H15F4N2/c15-13-2-1-8(3-12(13)14(16,17)18)4-19-5-9-10-6-20-7-11(9)10/h1-3,9-11,20H,4-7H2/q-1. The van der Waals surface area contributed by atoms with Crippen molar-refractivity contribution in [1.29, 1.82) is 0 Å². The summed E-state index contributed by atoms with van der Waals surface area (Å²) in [6.07, 6.45) is -4.65. The molecule has 1 aromatic carbocycles. The first kappa shape index (κ1) is 13.8. The van der Waals surface area contributed by atoms with E-state index >= 15 is 0 Å². The van der Waals surface area contributed by atoms with Gasteiger partial charge in [-0.25, -0.2) is 4.39 Å². The highest BCUT2D eigenvalue weighted by atomic mass is 19.4. The van der Waals surface area contributed by atoms with Gasteiger partial charge >= 0.3 is 6.18 Å². The first-order valence-corrected chi connectivity index (χ1v) is 6.66. The Labute approximate surface area is 114 Å². The van der Waals surface area contributed by atoms with Crippen molar-refractivity contribution < 1.29 is 17.6 Å². The molecule has 0 spiro atoms. The maximum atomic E-state index is 13.1. The van der Waals surface area contributed by atoms with Gasteiger partial charge in [-0.3, -0.25) is 0 Å². The molecule has 2 nitrogen and oxygen atoms in total. The summed E-state index contributed by atoms with van der Waals surface area (Å²) < 4.78 is 50.8. The molecule has 1 aliphatic heterocycles. The molecule has 2 fully saturated rings. The molecule has 20 heavy (non-hydrogen) atoms. The van der Waals surface area contributed by atoms with E-state index in [0.29, 0.717) is 29.9 Å². The van der Waals surface area contributed by atoms with E-state index in [1.54, 1.807) is 0 Å². The van der Waals surface area contributed by atoms with Gasteiger partial charge in [0.1, 0.15) is 5.82 Å². The zero-order valence-electron chi connectivity index (χ0n) is 10.8. The summed E-state index contributed by atoms with van der Waals surface area (Å²) in [5.41, 5.74) is -0.805. The highest BCUT2D eigenvalue weighted by Gasteiger charge is 2.49. The second-order valence-electron chi connectivity index (χ2n) is 5.53. The Kier molecular flexibility index (Phi) is 3.46. The van der Waals surface area contributed by atoms with E-state index in [-0.39, 0.29) is 6.54 Å². The zero-order chi connectivity index (χ0) is 14.3. The summed E-state index contributed by atoms with van der Waals surface area (Å²) >= 11 is 0. The summed E-state index contributed by atoms with van der Waals surface area (Å²) in [5.74, 6) is 0.734. The number of nitrogens with one attached hydrogen (secondary N) is 1.